The number of hydrogen-bond acceptors (Lipinski definition) is 7. The molecule has 0 aliphatic heterocycles. The van der Waals surface area contributed by atoms with E-state index in [0.29, 0.717) is 31.5 Å². The first-order valence-electron chi connectivity index (χ1n) is 5.36. The predicted octanol–water partition coefficient (Wildman–Crippen LogP) is 0.662. The van der Waals surface area contributed by atoms with Gasteiger partial charge in [0.2, 0.25) is 11.9 Å². The van der Waals surface area contributed by atoms with E-state index in [0.717, 1.165) is 0 Å². The van der Waals surface area contributed by atoms with Crippen molar-refractivity contribution in [2.45, 2.75) is 13.3 Å². The number of rotatable bonds is 6. The minimum atomic E-state index is 0.283. The zero-order valence-corrected chi connectivity index (χ0v) is 10.3. The Morgan fingerprint density at radius 3 is 2.76 bits per heavy atom. The van der Waals surface area contributed by atoms with Crippen LogP contribution in [0, 0.1) is 11.3 Å². The Balaban J connectivity index is 2.89. The standard InChI is InChI=1S/C10H16N6O/c1-4-17-10-14-8(12-2)13-9(15-10)16(3)7-5-6-11/h4-5,7H2,1-3H3,(H,12,13,14,15). The van der Waals surface area contributed by atoms with Crippen molar-refractivity contribution in [3.8, 4) is 12.1 Å². The fourth-order valence-electron chi connectivity index (χ4n) is 1.14. The Hall–Kier alpha value is -2.10. The topological polar surface area (TPSA) is 87.0 Å². The number of anilines is 2. The molecule has 1 N–H and O–H groups in total. The fraction of sp³-hybridized carbons (Fsp3) is 0.600. The monoisotopic (exact) mass is 236 g/mol. The minimum absolute atomic E-state index is 0.283. The normalized spacial score (nSPS) is 9.53. The summed E-state index contributed by atoms with van der Waals surface area (Å²) in [5.41, 5.74) is 0. The van der Waals surface area contributed by atoms with Crippen LogP contribution in [0.15, 0.2) is 0 Å². The molecule has 0 amide bonds. The number of aromatic nitrogens is 3. The van der Waals surface area contributed by atoms with Crippen LogP contribution in [0.5, 0.6) is 6.01 Å². The van der Waals surface area contributed by atoms with Crippen LogP contribution in [-0.4, -0.2) is 42.2 Å². The summed E-state index contributed by atoms with van der Waals surface area (Å²) in [5.74, 6) is 0.935. The summed E-state index contributed by atoms with van der Waals surface area (Å²) in [6.45, 7) is 2.92. The van der Waals surface area contributed by atoms with Crippen molar-refractivity contribution in [3.63, 3.8) is 0 Å². The molecule has 0 radical (unpaired) electrons. The van der Waals surface area contributed by atoms with Gasteiger partial charge in [-0.05, 0) is 6.92 Å². The first-order chi connectivity index (χ1) is 8.21. The van der Waals surface area contributed by atoms with Crippen molar-refractivity contribution in [1.82, 2.24) is 15.0 Å². The Bertz CT molecular complexity index is 402. The van der Waals surface area contributed by atoms with E-state index in [2.05, 4.69) is 26.3 Å². The van der Waals surface area contributed by atoms with Crippen molar-refractivity contribution in [3.05, 3.63) is 0 Å². The van der Waals surface area contributed by atoms with Gasteiger partial charge in [-0.1, -0.05) is 0 Å². The molecule has 1 aromatic rings. The zero-order valence-electron chi connectivity index (χ0n) is 10.3. The molecule has 0 saturated carbocycles. The van der Waals surface area contributed by atoms with Crippen molar-refractivity contribution in [2.75, 3.05) is 37.5 Å². The van der Waals surface area contributed by atoms with Gasteiger partial charge in [-0.3, -0.25) is 0 Å². The molecular formula is C10H16N6O. The molecule has 1 heterocycles. The third kappa shape index (κ3) is 3.75. The smallest absolute Gasteiger partial charge is 0.323 e. The third-order valence-corrected chi connectivity index (χ3v) is 2.00. The molecule has 0 spiro atoms. The van der Waals surface area contributed by atoms with Gasteiger partial charge in [-0.2, -0.15) is 20.2 Å². The minimum Gasteiger partial charge on any atom is -0.464 e. The highest BCUT2D eigenvalue weighted by Gasteiger charge is 2.09. The molecule has 1 rings (SSSR count). The molecule has 0 bridgehead atoms. The second-order valence-electron chi connectivity index (χ2n) is 3.25. The summed E-state index contributed by atoms with van der Waals surface area (Å²) in [7, 11) is 3.55. The van der Waals surface area contributed by atoms with Gasteiger partial charge in [0.25, 0.3) is 0 Å². The molecule has 7 nitrogen and oxygen atoms in total. The molecule has 0 fully saturated rings. The average molecular weight is 236 g/mol. The highest BCUT2D eigenvalue weighted by molar-refractivity contribution is 5.37. The summed E-state index contributed by atoms with van der Waals surface area (Å²) in [6.07, 6.45) is 0.418. The van der Waals surface area contributed by atoms with E-state index in [9.17, 15) is 0 Å². The lowest BCUT2D eigenvalue weighted by atomic mass is 10.4. The van der Waals surface area contributed by atoms with Crippen LogP contribution >= 0.6 is 0 Å². The number of nitrogens with one attached hydrogen (secondary N) is 1. The lowest BCUT2D eigenvalue weighted by Gasteiger charge is -2.16. The average Bonchev–Trinajstić information content (AvgIpc) is 2.35. The largest absolute Gasteiger partial charge is 0.464 e. The summed E-state index contributed by atoms with van der Waals surface area (Å²) in [4.78, 5) is 14.2. The molecule has 7 heteroatoms. The van der Waals surface area contributed by atoms with Crippen LogP contribution in [0.3, 0.4) is 0 Å². The SMILES string of the molecule is CCOc1nc(NC)nc(N(C)CCC#N)n1. The van der Waals surface area contributed by atoms with Crippen molar-refractivity contribution >= 4 is 11.9 Å². The van der Waals surface area contributed by atoms with E-state index >= 15 is 0 Å². The summed E-state index contributed by atoms with van der Waals surface area (Å²) < 4.78 is 5.25. The lowest BCUT2D eigenvalue weighted by Crippen LogP contribution is -2.22. The second kappa shape index (κ2) is 6.48. The summed E-state index contributed by atoms with van der Waals surface area (Å²) >= 11 is 0. The first kappa shape index (κ1) is 13.0. The quantitative estimate of drug-likeness (QED) is 0.776. The van der Waals surface area contributed by atoms with E-state index in [-0.39, 0.29) is 6.01 Å². The van der Waals surface area contributed by atoms with Crippen LogP contribution in [0.1, 0.15) is 13.3 Å². The third-order valence-electron chi connectivity index (χ3n) is 2.00. The summed E-state index contributed by atoms with van der Waals surface area (Å²) in [6, 6.07) is 2.36. The van der Waals surface area contributed by atoms with Crippen LogP contribution in [0.2, 0.25) is 0 Å². The van der Waals surface area contributed by atoms with Crippen LogP contribution in [0.4, 0.5) is 11.9 Å². The van der Waals surface area contributed by atoms with Gasteiger partial charge in [0, 0.05) is 20.6 Å². The van der Waals surface area contributed by atoms with Gasteiger partial charge in [-0.25, -0.2) is 0 Å². The maximum Gasteiger partial charge on any atom is 0.323 e. The molecule has 0 unspecified atom stereocenters. The predicted molar refractivity (Wildman–Crippen MR) is 64.0 cm³/mol. The highest BCUT2D eigenvalue weighted by Crippen LogP contribution is 2.13. The van der Waals surface area contributed by atoms with Gasteiger partial charge in [0.05, 0.1) is 19.1 Å². The Labute approximate surface area is 100 Å². The first-order valence-corrected chi connectivity index (χ1v) is 5.36. The van der Waals surface area contributed by atoms with Crippen LogP contribution < -0.4 is 15.0 Å². The van der Waals surface area contributed by atoms with E-state index in [1.54, 1.807) is 11.9 Å². The fourth-order valence-corrected chi connectivity index (χ4v) is 1.14. The maximum atomic E-state index is 8.53. The number of nitriles is 1. The van der Waals surface area contributed by atoms with E-state index in [4.69, 9.17) is 10.00 Å². The van der Waals surface area contributed by atoms with Gasteiger partial charge < -0.3 is 15.0 Å². The number of hydrogen-bond donors (Lipinski definition) is 1. The number of ether oxygens (including phenoxy) is 1. The molecule has 0 saturated heterocycles. The van der Waals surface area contributed by atoms with Gasteiger partial charge in [0.1, 0.15) is 0 Å². The van der Waals surface area contributed by atoms with E-state index < -0.39 is 0 Å². The Morgan fingerprint density at radius 1 is 1.41 bits per heavy atom. The van der Waals surface area contributed by atoms with Gasteiger partial charge in [-0.15, -0.1) is 0 Å². The molecule has 0 aromatic carbocycles. The van der Waals surface area contributed by atoms with Gasteiger partial charge >= 0.3 is 6.01 Å². The van der Waals surface area contributed by atoms with E-state index in [1.807, 2.05) is 14.0 Å². The molecular weight excluding hydrogens is 220 g/mol. The Kier molecular flexibility index (Phi) is 4.94. The molecule has 92 valence electrons. The highest BCUT2D eigenvalue weighted by atomic mass is 16.5. The molecule has 0 atom stereocenters. The van der Waals surface area contributed by atoms with Crippen molar-refractivity contribution in [1.29, 1.82) is 5.26 Å². The molecule has 1 aromatic heterocycles. The van der Waals surface area contributed by atoms with E-state index in [1.165, 1.54) is 0 Å². The van der Waals surface area contributed by atoms with Crippen LogP contribution in [0.25, 0.3) is 0 Å². The van der Waals surface area contributed by atoms with Crippen LogP contribution in [-0.2, 0) is 0 Å². The molecule has 17 heavy (non-hydrogen) atoms. The lowest BCUT2D eigenvalue weighted by molar-refractivity contribution is 0.312. The molecule has 0 aliphatic carbocycles. The van der Waals surface area contributed by atoms with Crippen molar-refractivity contribution in [2.24, 2.45) is 0 Å². The van der Waals surface area contributed by atoms with Crippen molar-refractivity contribution < 1.29 is 4.74 Å². The Morgan fingerprint density at radius 2 is 2.18 bits per heavy atom. The number of nitrogens with zero attached hydrogens (tertiary/aromatic N) is 5. The van der Waals surface area contributed by atoms with Gasteiger partial charge in [0.15, 0.2) is 0 Å². The maximum absolute atomic E-state index is 8.53. The molecule has 0 aliphatic rings. The summed E-state index contributed by atoms with van der Waals surface area (Å²) in [5, 5.41) is 11.4. The second-order valence-corrected chi connectivity index (χ2v) is 3.25. The zero-order chi connectivity index (χ0) is 12.7.